The standard InChI is InChI=1S/C26H22F3N3O4/c27-26(28,29)19-5-6-22(33)20(12-19)24(35)16-3-1-15(2-4-16)23(34)11-18-13-31-14-21(18)32-25(36)17-7-9-30-10-8-17/h1-10,12,18,21,31,33H,11,13-14H2,(H,32,36)/t18-,21-/m1/s1. The lowest BCUT2D eigenvalue weighted by atomic mass is 9.93. The van der Waals surface area contributed by atoms with Gasteiger partial charge in [-0.2, -0.15) is 13.2 Å². The maximum absolute atomic E-state index is 13.0. The second-order valence-corrected chi connectivity index (χ2v) is 8.50. The van der Waals surface area contributed by atoms with Gasteiger partial charge in [-0.25, -0.2) is 0 Å². The number of nitrogens with zero attached hydrogens (tertiary/aromatic N) is 1. The third-order valence-electron chi connectivity index (χ3n) is 6.08. The number of Topliss-reactive ketones (excluding diaryl/α,β-unsaturated/α-hetero) is 1. The van der Waals surface area contributed by atoms with Gasteiger partial charge in [-0.3, -0.25) is 19.4 Å². The number of alkyl halides is 3. The van der Waals surface area contributed by atoms with Crippen LogP contribution in [0.25, 0.3) is 0 Å². The molecule has 0 aliphatic carbocycles. The molecular weight excluding hydrogens is 475 g/mol. The molecule has 7 nitrogen and oxygen atoms in total. The van der Waals surface area contributed by atoms with Gasteiger partial charge in [0.05, 0.1) is 11.1 Å². The van der Waals surface area contributed by atoms with Crippen molar-refractivity contribution in [1.29, 1.82) is 0 Å². The van der Waals surface area contributed by atoms with Crippen LogP contribution in [0.15, 0.2) is 67.0 Å². The lowest BCUT2D eigenvalue weighted by molar-refractivity contribution is -0.137. The number of halogens is 3. The van der Waals surface area contributed by atoms with E-state index in [1.807, 2.05) is 0 Å². The summed E-state index contributed by atoms with van der Waals surface area (Å²) in [5.41, 5.74) is -0.703. The molecule has 1 aromatic heterocycles. The largest absolute Gasteiger partial charge is 0.507 e. The number of carbonyl (C=O) groups is 3. The number of aromatic nitrogens is 1. The second-order valence-electron chi connectivity index (χ2n) is 8.50. The molecule has 2 aromatic carbocycles. The van der Waals surface area contributed by atoms with Crippen LogP contribution in [0.5, 0.6) is 5.75 Å². The van der Waals surface area contributed by atoms with Crippen molar-refractivity contribution in [1.82, 2.24) is 15.6 Å². The van der Waals surface area contributed by atoms with Crippen molar-refractivity contribution in [3.8, 4) is 5.75 Å². The number of nitrogens with one attached hydrogen (secondary N) is 2. The zero-order chi connectivity index (χ0) is 25.9. The summed E-state index contributed by atoms with van der Waals surface area (Å²) < 4.78 is 39.0. The lowest BCUT2D eigenvalue weighted by Gasteiger charge is -2.19. The molecule has 0 bridgehead atoms. The zero-order valence-corrected chi connectivity index (χ0v) is 18.9. The second kappa shape index (κ2) is 10.3. The summed E-state index contributed by atoms with van der Waals surface area (Å²) in [6.45, 7) is 1.06. The fourth-order valence-corrected chi connectivity index (χ4v) is 4.08. The first-order chi connectivity index (χ1) is 17.1. The van der Waals surface area contributed by atoms with E-state index in [0.29, 0.717) is 36.3 Å². The summed E-state index contributed by atoms with van der Waals surface area (Å²) in [5.74, 6) is -1.97. The van der Waals surface area contributed by atoms with E-state index in [1.165, 1.54) is 36.7 Å². The molecule has 0 spiro atoms. The molecule has 0 saturated carbocycles. The van der Waals surface area contributed by atoms with E-state index in [2.05, 4.69) is 15.6 Å². The first-order valence-corrected chi connectivity index (χ1v) is 11.1. The van der Waals surface area contributed by atoms with Crippen LogP contribution in [0.4, 0.5) is 13.2 Å². The number of ketones is 2. The van der Waals surface area contributed by atoms with Crippen LogP contribution in [0.3, 0.4) is 0 Å². The average molecular weight is 497 g/mol. The number of carbonyl (C=O) groups excluding carboxylic acids is 3. The van der Waals surface area contributed by atoms with Crippen LogP contribution in [0.2, 0.25) is 0 Å². The van der Waals surface area contributed by atoms with Gasteiger partial charge in [-0.05, 0) is 30.3 Å². The number of hydrogen-bond donors (Lipinski definition) is 3. The Labute approximate surface area is 204 Å². The van der Waals surface area contributed by atoms with Gasteiger partial charge in [0.15, 0.2) is 11.6 Å². The molecule has 0 unspecified atom stereocenters. The fourth-order valence-electron chi connectivity index (χ4n) is 4.08. The number of amides is 1. The van der Waals surface area contributed by atoms with Gasteiger partial charge >= 0.3 is 6.18 Å². The molecule has 10 heteroatoms. The zero-order valence-electron chi connectivity index (χ0n) is 18.9. The predicted octanol–water partition coefficient (Wildman–Crippen LogP) is 3.63. The Bertz CT molecular complexity index is 1280. The van der Waals surface area contributed by atoms with Gasteiger partial charge < -0.3 is 15.7 Å². The summed E-state index contributed by atoms with van der Waals surface area (Å²) in [6.07, 6.45) is -1.48. The number of rotatable bonds is 7. The van der Waals surface area contributed by atoms with E-state index in [0.717, 1.165) is 6.07 Å². The Balaban J connectivity index is 1.42. The highest BCUT2D eigenvalue weighted by atomic mass is 19.4. The maximum atomic E-state index is 13.0. The SMILES string of the molecule is O=C(C[C@@H]1CNC[C@H]1NC(=O)c1ccncc1)c1ccc(C(=O)c2cc(C(F)(F)F)ccc2O)cc1. The van der Waals surface area contributed by atoms with Crippen LogP contribution in [0.1, 0.15) is 48.6 Å². The van der Waals surface area contributed by atoms with Crippen molar-refractivity contribution in [3.05, 3.63) is 94.8 Å². The van der Waals surface area contributed by atoms with Gasteiger partial charge in [-0.15, -0.1) is 0 Å². The molecule has 1 aliphatic heterocycles. The van der Waals surface area contributed by atoms with Crippen LogP contribution in [-0.4, -0.2) is 46.7 Å². The highest BCUT2D eigenvalue weighted by molar-refractivity contribution is 6.11. The monoisotopic (exact) mass is 497 g/mol. The van der Waals surface area contributed by atoms with Gasteiger partial charge in [0.25, 0.3) is 5.91 Å². The third-order valence-corrected chi connectivity index (χ3v) is 6.08. The smallest absolute Gasteiger partial charge is 0.416 e. The number of aromatic hydroxyl groups is 1. The molecule has 1 amide bonds. The Morgan fingerprint density at radius 3 is 2.28 bits per heavy atom. The summed E-state index contributed by atoms with van der Waals surface area (Å²) in [6, 6.07) is 10.6. The Hall–Kier alpha value is -4.05. The molecule has 1 aliphatic rings. The van der Waals surface area contributed by atoms with Crippen molar-refractivity contribution in [2.24, 2.45) is 5.92 Å². The summed E-state index contributed by atoms with van der Waals surface area (Å²) >= 11 is 0. The minimum absolute atomic E-state index is 0.0335. The van der Waals surface area contributed by atoms with E-state index >= 15 is 0 Å². The van der Waals surface area contributed by atoms with E-state index in [-0.39, 0.29) is 35.6 Å². The third kappa shape index (κ3) is 5.60. The van der Waals surface area contributed by atoms with Crippen LogP contribution in [0, 0.1) is 5.92 Å². The van der Waals surface area contributed by atoms with E-state index in [4.69, 9.17) is 0 Å². The number of phenolic OH excluding ortho intramolecular Hbond substituents is 1. The first kappa shape index (κ1) is 25.1. The Kier molecular flexibility index (Phi) is 7.16. The van der Waals surface area contributed by atoms with Crippen molar-refractivity contribution < 1.29 is 32.7 Å². The normalized spacial score (nSPS) is 17.5. The molecule has 186 valence electrons. The number of hydrogen-bond acceptors (Lipinski definition) is 6. The first-order valence-electron chi connectivity index (χ1n) is 11.1. The van der Waals surface area contributed by atoms with Crippen LogP contribution in [-0.2, 0) is 6.18 Å². The van der Waals surface area contributed by atoms with Crippen molar-refractivity contribution in [2.75, 3.05) is 13.1 Å². The highest BCUT2D eigenvalue weighted by Gasteiger charge is 2.32. The number of benzene rings is 2. The summed E-state index contributed by atoms with van der Waals surface area (Å²) in [4.78, 5) is 41.9. The molecule has 1 fully saturated rings. The number of phenols is 1. The molecule has 0 radical (unpaired) electrons. The van der Waals surface area contributed by atoms with Gasteiger partial charge in [-0.1, -0.05) is 24.3 Å². The van der Waals surface area contributed by atoms with Crippen LogP contribution >= 0.6 is 0 Å². The number of pyridine rings is 1. The van der Waals surface area contributed by atoms with E-state index in [9.17, 15) is 32.7 Å². The topological polar surface area (TPSA) is 108 Å². The minimum Gasteiger partial charge on any atom is -0.507 e. The van der Waals surface area contributed by atoms with E-state index in [1.54, 1.807) is 12.1 Å². The van der Waals surface area contributed by atoms with Crippen molar-refractivity contribution in [3.63, 3.8) is 0 Å². The molecule has 3 aromatic rings. The van der Waals surface area contributed by atoms with Crippen molar-refractivity contribution >= 4 is 17.5 Å². The maximum Gasteiger partial charge on any atom is 0.416 e. The van der Waals surface area contributed by atoms with Crippen LogP contribution < -0.4 is 10.6 Å². The van der Waals surface area contributed by atoms with Gasteiger partial charge in [0.1, 0.15) is 5.75 Å². The molecular formula is C26H22F3N3O4. The molecule has 2 atom stereocenters. The molecule has 4 rings (SSSR count). The van der Waals surface area contributed by atoms with Gasteiger partial charge in [0.2, 0.25) is 0 Å². The summed E-state index contributed by atoms with van der Waals surface area (Å²) in [7, 11) is 0. The Morgan fingerprint density at radius 1 is 0.944 bits per heavy atom. The summed E-state index contributed by atoms with van der Waals surface area (Å²) in [5, 5.41) is 16.0. The Morgan fingerprint density at radius 2 is 1.61 bits per heavy atom. The predicted molar refractivity (Wildman–Crippen MR) is 124 cm³/mol. The van der Waals surface area contributed by atoms with Gasteiger partial charge in [0, 0.05) is 60.6 Å². The van der Waals surface area contributed by atoms with E-state index < -0.39 is 28.8 Å². The fraction of sp³-hybridized carbons (Fsp3) is 0.231. The highest BCUT2D eigenvalue weighted by Crippen LogP contribution is 2.33. The molecule has 36 heavy (non-hydrogen) atoms. The molecule has 2 heterocycles. The average Bonchev–Trinajstić information content (AvgIpc) is 3.30. The molecule has 3 N–H and O–H groups in total. The lowest BCUT2D eigenvalue weighted by Crippen LogP contribution is -2.41. The van der Waals surface area contributed by atoms with Crippen molar-refractivity contribution in [2.45, 2.75) is 18.6 Å². The molecule has 1 saturated heterocycles. The quantitative estimate of drug-likeness (QED) is 0.431. The minimum atomic E-state index is -4.66.